The third-order valence-electron chi connectivity index (χ3n) is 3.16. The summed E-state index contributed by atoms with van der Waals surface area (Å²) in [6, 6.07) is 7.93. The Bertz CT molecular complexity index is 448. The van der Waals surface area contributed by atoms with E-state index < -0.39 is 0 Å². The third-order valence-corrected chi connectivity index (χ3v) is 3.40. The standard InChI is InChI=1S/C16H25ClN2O.ClH/c1-12(18)7-8-15(20)19-11-16(2,3)10-13-5-4-6-14(17)9-13;/h4-6,9,12H,7-8,10-11,18H2,1-3H3,(H,19,20);1H. The van der Waals surface area contributed by atoms with E-state index in [1.807, 2.05) is 25.1 Å². The molecule has 0 aliphatic heterocycles. The zero-order valence-electron chi connectivity index (χ0n) is 13.0. The summed E-state index contributed by atoms with van der Waals surface area (Å²) in [7, 11) is 0. The summed E-state index contributed by atoms with van der Waals surface area (Å²) in [5.41, 5.74) is 6.83. The van der Waals surface area contributed by atoms with Crippen LogP contribution in [0, 0.1) is 5.41 Å². The highest BCUT2D eigenvalue weighted by molar-refractivity contribution is 6.30. The predicted molar refractivity (Wildman–Crippen MR) is 92.1 cm³/mol. The van der Waals surface area contributed by atoms with Gasteiger partial charge in [0.05, 0.1) is 0 Å². The Morgan fingerprint density at radius 2 is 2.10 bits per heavy atom. The maximum Gasteiger partial charge on any atom is 0.220 e. The molecule has 1 amide bonds. The molecule has 0 radical (unpaired) electrons. The van der Waals surface area contributed by atoms with Gasteiger partial charge in [-0.15, -0.1) is 12.4 Å². The Hall–Kier alpha value is -0.770. The lowest BCUT2D eigenvalue weighted by Gasteiger charge is -2.25. The number of halogens is 2. The van der Waals surface area contributed by atoms with Crippen LogP contribution in [0.5, 0.6) is 0 Å². The summed E-state index contributed by atoms with van der Waals surface area (Å²) in [6.45, 7) is 6.84. The number of hydrogen-bond donors (Lipinski definition) is 2. The van der Waals surface area contributed by atoms with E-state index in [9.17, 15) is 4.79 Å². The number of amides is 1. The van der Waals surface area contributed by atoms with Gasteiger partial charge < -0.3 is 11.1 Å². The molecule has 0 spiro atoms. The molecule has 3 N–H and O–H groups in total. The van der Waals surface area contributed by atoms with Gasteiger partial charge in [-0.05, 0) is 42.9 Å². The van der Waals surface area contributed by atoms with Crippen LogP contribution in [-0.4, -0.2) is 18.5 Å². The monoisotopic (exact) mass is 332 g/mol. The van der Waals surface area contributed by atoms with Gasteiger partial charge in [-0.25, -0.2) is 0 Å². The third kappa shape index (κ3) is 8.97. The number of rotatable bonds is 7. The maximum absolute atomic E-state index is 11.7. The average molecular weight is 333 g/mol. The number of benzene rings is 1. The summed E-state index contributed by atoms with van der Waals surface area (Å²) in [5.74, 6) is 0.0708. The number of carbonyl (C=O) groups excluding carboxylic acids is 1. The molecule has 1 rings (SSSR count). The fraction of sp³-hybridized carbons (Fsp3) is 0.562. The Labute approximate surface area is 139 Å². The van der Waals surface area contributed by atoms with E-state index in [4.69, 9.17) is 17.3 Å². The van der Waals surface area contributed by atoms with E-state index in [1.54, 1.807) is 0 Å². The van der Waals surface area contributed by atoms with Crippen LogP contribution in [0.15, 0.2) is 24.3 Å². The van der Waals surface area contributed by atoms with Crippen molar-refractivity contribution in [3.05, 3.63) is 34.9 Å². The van der Waals surface area contributed by atoms with Crippen molar-refractivity contribution < 1.29 is 4.79 Å². The van der Waals surface area contributed by atoms with E-state index in [-0.39, 0.29) is 29.8 Å². The first-order valence-corrected chi connectivity index (χ1v) is 7.43. The van der Waals surface area contributed by atoms with Crippen molar-refractivity contribution in [2.24, 2.45) is 11.1 Å². The van der Waals surface area contributed by atoms with Crippen LogP contribution in [-0.2, 0) is 11.2 Å². The van der Waals surface area contributed by atoms with Crippen molar-refractivity contribution in [1.29, 1.82) is 0 Å². The van der Waals surface area contributed by atoms with E-state index in [0.717, 1.165) is 17.9 Å². The minimum absolute atomic E-state index is 0. The van der Waals surface area contributed by atoms with Gasteiger partial charge in [-0.3, -0.25) is 4.79 Å². The van der Waals surface area contributed by atoms with Gasteiger partial charge >= 0.3 is 0 Å². The largest absolute Gasteiger partial charge is 0.356 e. The molecule has 1 unspecified atom stereocenters. The zero-order chi connectivity index (χ0) is 15.2. The first-order chi connectivity index (χ1) is 9.28. The van der Waals surface area contributed by atoms with Gasteiger partial charge in [0, 0.05) is 24.0 Å². The lowest BCUT2D eigenvalue weighted by molar-refractivity contribution is -0.121. The molecule has 0 saturated heterocycles. The van der Waals surface area contributed by atoms with Gasteiger partial charge in [0.25, 0.3) is 0 Å². The van der Waals surface area contributed by atoms with Crippen LogP contribution in [0.25, 0.3) is 0 Å². The highest BCUT2D eigenvalue weighted by Crippen LogP contribution is 2.22. The Balaban J connectivity index is 0.00000400. The van der Waals surface area contributed by atoms with Gasteiger partial charge in [0.15, 0.2) is 0 Å². The lowest BCUT2D eigenvalue weighted by Crippen LogP contribution is -2.35. The Morgan fingerprint density at radius 3 is 2.67 bits per heavy atom. The van der Waals surface area contributed by atoms with Crippen LogP contribution in [0.4, 0.5) is 0 Å². The summed E-state index contributed by atoms with van der Waals surface area (Å²) in [6.07, 6.45) is 2.09. The smallest absolute Gasteiger partial charge is 0.220 e. The topological polar surface area (TPSA) is 55.1 Å². The van der Waals surface area contributed by atoms with E-state index in [0.29, 0.717) is 13.0 Å². The SMILES string of the molecule is CC(N)CCC(=O)NCC(C)(C)Cc1cccc(Cl)c1.Cl. The van der Waals surface area contributed by atoms with Gasteiger partial charge in [0.2, 0.25) is 5.91 Å². The van der Waals surface area contributed by atoms with Crippen molar-refractivity contribution in [2.75, 3.05) is 6.54 Å². The van der Waals surface area contributed by atoms with Crippen LogP contribution in [0.1, 0.15) is 39.2 Å². The summed E-state index contributed by atoms with van der Waals surface area (Å²) < 4.78 is 0. The van der Waals surface area contributed by atoms with Crippen molar-refractivity contribution in [3.63, 3.8) is 0 Å². The number of carbonyl (C=O) groups is 1. The maximum atomic E-state index is 11.7. The predicted octanol–water partition coefficient (Wildman–Crippen LogP) is 3.57. The van der Waals surface area contributed by atoms with Crippen molar-refractivity contribution >= 4 is 29.9 Å². The molecule has 5 heteroatoms. The molecule has 3 nitrogen and oxygen atoms in total. The van der Waals surface area contributed by atoms with Crippen molar-refractivity contribution in [2.45, 2.75) is 46.1 Å². The van der Waals surface area contributed by atoms with Crippen molar-refractivity contribution in [1.82, 2.24) is 5.32 Å². The second-order valence-electron chi connectivity index (χ2n) is 6.26. The Kier molecular flexibility index (Phi) is 8.95. The molecule has 0 fully saturated rings. The second-order valence-corrected chi connectivity index (χ2v) is 6.70. The van der Waals surface area contributed by atoms with Crippen LogP contribution >= 0.6 is 24.0 Å². The second kappa shape index (κ2) is 9.29. The molecule has 0 bridgehead atoms. The Morgan fingerprint density at radius 1 is 1.43 bits per heavy atom. The normalized spacial score (nSPS) is 12.4. The molecule has 1 aromatic rings. The van der Waals surface area contributed by atoms with E-state index in [2.05, 4.69) is 25.2 Å². The number of nitrogens with one attached hydrogen (secondary N) is 1. The number of nitrogens with two attached hydrogens (primary N) is 1. The molecule has 0 saturated carbocycles. The molecule has 21 heavy (non-hydrogen) atoms. The van der Waals surface area contributed by atoms with E-state index in [1.165, 1.54) is 5.56 Å². The minimum Gasteiger partial charge on any atom is -0.356 e. The molecule has 0 heterocycles. The molecule has 0 aliphatic carbocycles. The fourth-order valence-electron chi connectivity index (χ4n) is 2.05. The van der Waals surface area contributed by atoms with Gasteiger partial charge in [0.1, 0.15) is 0 Å². The minimum atomic E-state index is -0.00528. The quantitative estimate of drug-likeness (QED) is 0.801. The van der Waals surface area contributed by atoms with Crippen molar-refractivity contribution in [3.8, 4) is 0 Å². The molecular formula is C16H26Cl2N2O. The van der Waals surface area contributed by atoms with E-state index >= 15 is 0 Å². The van der Waals surface area contributed by atoms with Gasteiger partial charge in [-0.1, -0.05) is 37.6 Å². The first-order valence-electron chi connectivity index (χ1n) is 7.05. The highest BCUT2D eigenvalue weighted by atomic mass is 35.5. The summed E-state index contributed by atoms with van der Waals surface area (Å²) in [4.78, 5) is 11.7. The lowest BCUT2D eigenvalue weighted by atomic mass is 9.85. The zero-order valence-corrected chi connectivity index (χ0v) is 14.6. The van der Waals surface area contributed by atoms with Crippen LogP contribution in [0.2, 0.25) is 5.02 Å². The molecule has 120 valence electrons. The molecular weight excluding hydrogens is 307 g/mol. The molecule has 0 aliphatic rings. The summed E-state index contributed by atoms with van der Waals surface area (Å²) in [5, 5.41) is 3.74. The van der Waals surface area contributed by atoms with Gasteiger partial charge in [-0.2, -0.15) is 0 Å². The highest BCUT2D eigenvalue weighted by Gasteiger charge is 2.19. The molecule has 1 atom stereocenters. The first kappa shape index (κ1) is 20.2. The molecule has 1 aromatic carbocycles. The number of hydrogen-bond acceptors (Lipinski definition) is 2. The van der Waals surface area contributed by atoms with Crippen LogP contribution < -0.4 is 11.1 Å². The summed E-state index contributed by atoms with van der Waals surface area (Å²) >= 11 is 5.99. The molecule has 0 aromatic heterocycles. The van der Waals surface area contributed by atoms with Crippen LogP contribution in [0.3, 0.4) is 0 Å². The fourth-order valence-corrected chi connectivity index (χ4v) is 2.26. The average Bonchev–Trinajstić information content (AvgIpc) is 2.33.